The number of anilines is 3. The second kappa shape index (κ2) is 8.56. The van der Waals surface area contributed by atoms with Crippen molar-refractivity contribution in [2.75, 3.05) is 36.4 Å². The lowest BCUT2D eigenvalue weighted by molar-refractivity contribution is 0.381. The van der Waals surface area contributed by atoms with Gasteiger partial charge in [-0.05, 0) is 43.7 Å². The van der Waals surface area contributed by atoms with Crippen LogP contribution in [0.4, 0.5) is 21.8 Å². The Morgan fingerprint density at radius 2 is 1.71 bits per heavy atom. The predicted octanol–water partition coefficient (Wildman–Crippen LogP) is 2.88. The third-order valence-electron chi connectivity index (χ3n) is 5.01. The van der Waals surface area contributed by atoms with Gasteiger partial charge in [0, 0.05) is 38.4 Å². The van der Waals surface area contributed by atoms with E-state index < -0.39 is 15.8 Å². The molecule has 0 saturated carbocycles. The van der Waals surface area contributed by atoms with Crippen LogP contribution in [0.1, 0.15) is 11.4 Å². The van der Waals surface area contributed by atoms with Crippen molar-refractivity contribution >= 4 is 27.5 Å². The Balaban J connectivity index is 1.49. The van der Waals surface area contributed by atoms with E-state index in [1.165, 1.54) is 22.5 Å². The first kappa shape index (κ1) is 21.1. The molecule has 1 aliphatic rings. The van der Waals surface area contributed by atoms with E-state index in [2.05, 4.69) is 20.3 Å². The van der Waals surface area contributed by atoms with Gasteiger partial charge in [-0.25, -0.2) is 27.8 Å². The first-order valence-electron chi connectivity index (χ1n) is 9.88. The highest BCUT2D eigenvalue weighted by Gasteiger charge is 2.31. The molecule has 0 amide bonds. The van der Waals surface area contributed by atoms with Crippen LogP contribution >= 0.6 is 0 Å². The number of aromatic nitrogens is 3. The van der Waals surface area contributed by atoms with E-state index in [0.717, 1.165) is 11.6 Å². The molecule has 10 heteroatoms. The van der Waals surface area contributed by atoms with Crippen molar-refractivity contribution in [2.24, 2.45) is 0 Å². The lowest BCUT2D eigenvalue weighted by Gasteiger charge is -2.34. The highest BCUT2D eigenvalue weighted by molar-refractivity contribution is 7.89. The molecule has 1 saturated heterocycles. The summed E-state index contributed by atoms with van der Waals surface area (Å²) in [5.74, 6) is 1.85. The fraction of sp³-hybridized carbons (Fsp3) is 0.286. The summed E-state index contributed by atoms with van der Waals surface area (Å²) in [5.41, 5.74) is 1.08. The Kier molecular flexibility index (Phi) is 5.84. The van der Waals surface area contributed by atoms with Crippen molar-refractivity contribution in [3.8, 4) is 0 Å². The SMILES string of the molecule is Cc1ccnc(Nc2cc(N3CCN(S(=O)(=O)c4ccccc4F)CC3)nc(C)n2)c1. The molecule has 3 heterocycles. The summed E-state index contributed by atoms with van der Waals surface area (Å²) < 4.78 is 41.0. The van der Waals surface area contributed by atoms with E-state index in [4.69, 9.17) is 0 Å². The fourth-order valence-electron chi connectivity index (χ4n) is 3.46. The second-order valence-corrected chi connectivity index (χ2v) is 9.23. The van der Waals surface area contributed by atoms with Gasteiger partial charge in [-0.1, -0.05) is 12.1 Å². The summed E-state index contributed by atoms with van der Waals surface area (Å²) in [4.78, 5) is 14.9. The van der Waals surface area contributed by atoms with Crippen LogP contribution in [0.15, 0.2) is 53.6 Å². The third-order valence-corrected chi connectivity index (χ3v) is 6.94. The van der Waals surface area contributed by atoms with E-state index in [-0.39, 0.29) is 18.0 Å². The number of hydrogen-bond donors (Lipinski definition) is 1. The average molecular weight is 443 g/mol. The highest BCUT2D eigenvalue weighted by atomic mass is 32.2. The number of piperazine rings is 1. The van der Waals surface area contributed by atoms with E-state index in [0.29, 0.717) is 36.4 Å². The molecule has 1 aromatic carbocycles. The Labute approximate surface area is 180 Å². The molecule has 162 valence electrons. The van der Waals surface area contributed by atoms with Gasteiger partial charge >= 0.3 is 0 Å². The number of pyridine rings is 1. The minimum absolute atomic E-state index is 0.238. The maximum absolute atomic E-state index is 14.0. The molecule has 1 fully saturated rings. The Hall–Kier alpha value is -3.11. The summed E-state index contributed by atoms with van der Waals surface area (Å²) in [6.07, 6.45) is 1.72. The minimum Gasteiger partial charge on any atom is -0.354 e. The van der Waals surface area contributed by atoms with Gasteiger partial charge in [0.15, 0.2) is 0 Å². The smallest absolute Gasteiger partial charge is 0.246 e. The van der Waals surface area contributed by atoms with Crippen LogP contribution in [0.25, 0.3) is 0 Å². The van der Waals surface area contributed by atoms with Crippen LogP contribution < -0.4 is 10.2 Å². The van der Waals surface area contributed by atoms with Crippen molar-refractivity contribution in [3.05, 3.63) is 65.9 Å². The predicted molar refractivity (Wildman–Crippen MR) is 116 cm³/mol. The molecule has 1 aliphatic heterocycles. The van der Waals surface area contributed by atoms with Crippen molar-refractivity contribution < 1.29 is 12.8 Å². The molecule has 0 aliphatic carbocycles. The van der Waals surface area contributed by atoms with E-state index in [1.807, 2.05) is 30.0 Å². The first-order chi connectivity index (χ1) is 14.8. The number of halogens is 1. The van der Waals surface area contributed by atoms with Crippen LogP contribution in [0.5, 0.6) is 0 Å². The summed E-state index contributed by atoms with van der Waals surface area (Å²) >= 11 is 0. The van der Waals surface area contributed by atoms with Gasteiger partial charge in [0.1, 0.15) is 34.0 Å². The molecule has 0 bridgehead atoms. The van der Waals surface area contributed by atoms with Crippen molar-refractivity contribution in [1.82, 2.24) is 19.3 Å². The van der Waals surface area contributed by atoms with Gasteiger partial charge in [0.05, 0.1) is 0 Å². The Morgan fingerprint density at radius 3 is 2.42 bits per heavy atom. The van der Waals surface area contributed by atoms with Gasteiger partial charge in [0.25, 0.3) is 0 Å². The van der Waals surface area contributed by atoms with Crippen LogP contribution in [-0.2, 0) is 10.0 Å². The van der Waals surface area contributed by atoms with Crippen LogP contribution in [0, 0.1) is 19.7 Å². The maximum Gasteiger partial charge on any atom is 0.246 e. The molecular weight excluding hydrogens is 419 g/mol. The molecule has 4 rings (SSSR count). The van der Waals surface area contributed by atoms with Crippen LogP contribution in [0.3, 0.4) is 0 Å². The van der Waals surface area contributed by atoms with Crippen molar-refractivity contribution in [2.45, 2.75) is 18.7 Å². The van der Waals surface area contributed by atoms with Gasteiger partial charge in [-0.2, -0.15) is 4.31 Å². The molecule has 0 atom stereocenters. The summed E-state index contributed by atoms with van der Waals surface area (Å²) in [6, 6.07) is 11.1. The Bertz CT molecular complexity index is 1200. The van der Waals surface area contributed by atoms with Gasteiger partial charge < -0.3 is 10.2 Å². The van der Waals surface area contributed by atoms with Crippen LogP contribution in [0.2, 0.25) is 0 Å². The molecule has 0 spiro atoms. The zero-order valence-electron chi connectivity index (χ0n) is 17.3. The molecule has 0 unspecified atom stereocenters. The topological polar surface area (TPSA) is 91.3 Å². The monoisotopic (exact) mass is 442 g/mol. The molecule has 1 N–H and O–H groups in total. The number of nitrogens with zero attached hydrogens (tertiary/aromatic N) is 5. The zero-order valence-corrected chi connectivity index (χ0v) is 18.1. The molecule has 2 aromatic heterocycles. The van der Waals surface area contributed by atoms with Crippen molar-refractivity contribution in [1.29, 1.82) is 0 Å². The quantitative estimate of drug-likeness (QED) is 0.650. The first-order valence-corrected chi connectivity index (χ1v) is 11.3. The number of nitrogens with one attached hydrogen (secondary N) is 1. The maximum atomic E-state index is 14.0. The molecule has 3 aromatic rings. The minimum atomic E-state index is -3.88. The third kappa shape index (κ3) is 4.64. The summed E-state index contributed by atoms with van der Waals surface area (Å²) in [6.45, 7) is 5.14. The molecule has 31 heavy (non-hydrogen) atoms. The summed E-state index contributed by atoms with van der Waals surface area (Å²) in [5, 5.41) is 3.19. The fourth-order valence-corrected chi connectivity index (χ4v) is 4.95. The number of aryl methyl sites for hydroxylation is 2. The van der Waals surface area contributed by atoms with Gasteiger partial charge in [-0.15, -0.1) is 0 Å². The highest BCUT2D eigenvalue weighted by Crippen LogP contribution is 2.24. The standard InChI is InChI=1S/C21H23FN6O2S/c1-15-7-8-23-19(13-15)26-20-14-21(25-16(2)24-20)27-9-11-28(12-10-27)31(29,30)18-6-4-3-5-17(18)22/h3-8,13-14H,9-12H2,1-2H3,(H,23,24,25,26). The van der Waals surface area contributed by atoms with E-state index in [9.17, 15) is 12.8 Å². The number of sulfonamides is 1. The molecule has 8 nitrogen and oxygen atoms in total. The molecule has 0 radical (unpaired) electrons. The van der Waals surface area contributed by atoms with Gasteiger partial charge in [0.2, 0.25) is 10.0 Å². The normalized spacial score (nSPS) is 15.1. The number of hydrogen-bond acceptors (Lipinski definition) is 7. The lowest BCUT2D eigenvalue weighted by Crippen LogP contribution is -2.49. The molecular formula is C21H23FN6O2S. The van der Waals surface area contributed by atoms with E-state index >= 15 is 0 Å². The Morgan fingerprint density at radius 1 is 0.968 bits per heavy atom. The lowest BCUT2D eigenvalue weighted by atomic mass is 10.3. The van der Waals surface area contributed by atoms with Crippen LogP contribution in [-0.4, -0.2) is 53.9 Å². The average Bonchev–Trinajstić information content (AvgIpc) is 2.73. The largest absolute Gasteiger partial charge is 0.354 e. The number of benzene rings is 1. The second-order valence-electron chi connectivity index (χ2n) is 7.32. The van der Waals surface area contributed by atoms with E-state index in [1.54, 1.807) is 13.1 Å². The zero-order chi connectivity index (χ0) is 22.0. The van der Waals surface area contributed by atoms with Crippen molar-refractivity contribution in [3.63, 3.8) is 0 Å². The summed E-state index contributed by atoms with van der Waals surface area (Å²) in [7, 11) is -3.88. The number of rotatable bonds is 5. The van der Waals surface area contributed by atoms with Gasteiger partial charge in [-0.3, -0.25) is 0 Å².